The molecule has 0 spiro atoms. The summed E-state index contributed by atoms with van der Waals surface area (Å²) in [5.74, 6) is -2.18. The highest BCUT2D eigenvalue weighted by Crippen LogP contribution is 2.32. The Labute approximate surface area is 98.3 Å². The molecule has 0 aliphatic heterocycles. The van der Waals surface area contributed by atoms with Crippen LogP contribution in [0.5, 0.6) is 0 Å². The summed E-state index contributed by atoms with van der Waals surface area (Å²) in [6, 6.07) is -1.11. The number of hydrogen-bond donors (Lipinski definition) is 3. The molecule has 0 aromatic heterocycles. The second kappa shape index (κ2) is 5.13. The van der Waals surface area contributed by atoms with E-state index >= 15 is 0 Å². The monoisotopic (exact) mass is 244 g/mol. The fourth-order valence-corrected chi connectivity index (χ4v) is 1.29. The van der Waals surface area contributed by atoms with E-state index < -0.39 is 29.4 Å². The fraction of sp³-hybridized carbons (Fsp3) is 0.700. The molecule has 0 aromatic carbocycles. The lowest BCUT2D eigenvalue weighted by Gasteiger charge is -2.16. The van der Waals surface area contributed by atoms with Gasteiger partial charge in [-0.25, -0.2) is 4.79 Å². The van der Waals surface area contributed by atoms with Crippen molar-refractivity contribution in [3.63, 3.8) is 0 Å². The number of aliphatic carboxylic acids is 1. The molecule has 0 unspecified atom stereocenters. The zero-order chi connectivity index (χ0) is 13.1. The highest BCUT2D eigenvalue weighted by atomic mass is 16.5. The van der Waals surface area contributed by atoms with E-state index in [2.05, 4.69) is 10.1 Å². The van der Waals surface area contributed by atoms with Crippen LogP contribution in [-0.2, 0) is 19.1 Å². The summed E-state index contributed by atoms with van der Waals surface area (Å²) < 4.78 is 4.40. The van der Waals surface area contributed by atoms with Crippen LogP contribution in [0.15, 0.2) is 0 Å². The van der Waals surface area contributed by atoms with E-state index in [1.165, 1.54) is 7.11 Å². The Morgan fingerprint density at radius 3 is 2.47 bits per heavy atom. The van der Waals surface area contributed by atoms with E-state index in [4.69, 9.17) is 10.8 Å². The van der Waals surface area contributed by atoms with Gasteiger partial charge in [-0.1, -0.05) is 0 Å². The van der Waals surface area contributed by atoms with Crippen molar-refractivity contribution in [3.05, 3.63) is 0 Å². The largest absolute Gasteiger partial charge is 0.480 e. The summed E-state index contributed by atoms with van der Waals surface area (Å²) >= 11 is 0. The number of carboxylic acids is 1. The molecule has 0 radical (unpaired) electrons. The average Bonchev–Trinajstić information content (AvgIpc) is 3.02. The molecular weight excluding hydrogens is 228 g/mol. The van der Waals surface area contributed by atoms with Crippen molar-refractivity contribution in [1.29, 1.82) is 0 Å². The maximum atomic E-state index is 11.5. The molecule has 7 heteroatoms. The minimum absolute atomic E-state index is 0.0101. The van der Waals surface area contributed by atoms with Crippen molar-refractivity contribution in [2.75, 3.05) is 7.11 Å². The van der Waals surface area contributed by atoms with Crippen molar-refractivity contribution in [3.8, 4) is 0 Å². The first-order valence-electron chi connectivity index (χ1n) is 5.28. The van der Waals surface area contributed by atoms with Gasteiger partial charge in [-0.15, -0.1) is 0 Å². The quantitative estimate of drug-likeness (QED) is 0.516. The van der Waals surface area contributed by atoms with E-state index in [1.54, 1.807) is 0 Å². The molecule has 1 atom stereocenters. The highest BCUT2D eigenvalue weighted by Gasteiger charge is 2.46. The number of carboxylic acid groups (broad SMARTS) is 1. The molecule has 1 saturated carbocycles. The van der Waals surface area contributed by atoms with Crippen molar-refractivity contribution in [2.24, 2.45) is 5.73 Å². The first-order chi connectivity index (χ1) is 7.89. The van der Waals surface area contributed by atoms with Crippen LogP contribution >= 0.6 is 0 Å². The number of carbonyl (C=O) groups is 3. The number of carbonyl (C=O) groups excluding carboxylic acids is 2. The Morgan fingerprint density at radius 2 is 2.06 bits per heavy atom. The van der Waals surface area contributed by atoms with Gasteiger partial charge in [-0.3, -0.25) is 9.59 Å². The summed E-state index contributed by atoms with van der Waals surface area (Å²) in [6.07, 6.45) is 1.04. The zero-order valence-corrected chi connectivity index (χ0v) is 9.56. The third kappa shape index (κ3) is 3.70. The Balaban J connectivity index is 2.46. The molecule has 17 heavy (non-hydrogen) atoms. The number of methoxy groups -OCH3 is 1. The molecule has 7 nitrogen and oxygen atoms in total. The van der Waals surface area contributed by atoms with Gasteiger partial charge in [0.05, 0.1) is 12.6 Å². The summed E-state index contributed by atoms with van der Waals surface area (Å²) in [4.78, 5) is 33.3. The van der Waals surface area contributed by atoms with E-state index in [-0.39, 0.29) is 12.8 Å². The molecule has 0 saturated heterocycles. The standard InChI is InChI=1S/C10H16N2O5/c1-17-7(13)3-2-6(8(14)15)12-9(16)10(11)4-5-10/h6H,2-5,11H2,1H3,(H,12,16)(H,14,15)/t6-/m0/s1. The SMILES string of the molecule is COC(=O)CC[C@H](NC(=O)C1(N)CC1)C(=O)O. The Morgan fingerprint density at radius 1 is 1.47 bits per heavy atom. The van der Waals surface area contributed by atoms with Crippen LogP contribution in [0.2, 0.25) is 0 Å². The highest BCUT2D eigenvalue weighted by molar-refractivity contribution is 5.92. The Kier molecular flexibility index (Phi) is 4.06. The summed E-state index contributed by atoms with van der Waals surface area (Å²) in [7, 11) is 1.22. The molecular formula is C10H16N2O5. The van der Waals surface area contributed by atoms with Crippen molar-refractivity contribution in [2.45, 2.75) is 37.3 Å². The average molecular weight is 244 g/mol. The van der Waals surface area contributed by atoms with Gasteiger partial charge in [0.1, 0.15) is 6.04 Å². The minimum Gasteiger partial charge on any atom is -0.480 e. The molecule has 1 rings (SSSR count). The smallest absolute Gasteiger partial charge is 0.326 e. The normalized spacial score (nSPS) is 18.0. The molecule has 0 heterocycles. The minimum atomic E-state index is -1.19. The molecule has 1 aliphatic carbocycles. The van der Waals surface area contributed by atoms with Gasteiger partial charge in [0, 0.05) is 6.42 Å². The van der Waals surface area contributed by atoms with Gasteiger partial charge < -0.3 is 20.9 Å². The molecule has 4 N–H and O–H groups in total. The third-order valence-electron chi connectivity index (χ3n) is 2.71. The van der Waals surface area contributed by atoms with Crippen LogP contribution in [0.3, 0.4) is 0 Å². The van der Waals surface area contributed by atoms with Gasteiger partial charge in [0.15, 0.2) is 0 Å². The topological polar surface area (TPSA) is 119 Å². The van der Waals surface area contributed by atoms with Gasteiger partial charge in [0.2, 0.25) is 5.91 Å². The maximum absolute atomic E-state index is 11.5. The fourth-order valence-electron chi connectivity index (χ4n) is 1.29. The van der Waals surface area contributed by atoms with Crippen LogP contribution in [0.1, 0.15) is 25.7 Å². The number of hydrogen-bond acceptors (Lipinski definition) is 5. The predicted octanol–water partition coefficient (Wildman–Crippen LogP) is -1.000. The van der Waals surface area contributed by atoms with Crippen molar-refractivity contribution in [1.82, 2.24) is 5.32 Å². The molecule has 0 aromatic rings. The Hall–Kier alpha value is -1.63. The first kappa shape index (κ1) is 13.4. The molecule has 1 fully saturated rings. The number of nitrogens with one attached hydrogen (secondary N) is 1. The lowest BCUT2D eigenvalue weighted by atomic mass is 10.1. The lowest BCUT2D eigenvalue weighted by Crippen LogP contribution is -2.50. The summed E-state index contributed by atoms with van der Waals surface area (Å²) in [5.41, 5.74) is 4.71. The predicted molar refractivity (Wildman–Crippen MR) is 57.0 cm³/mol. The van der Waals surface area contributed by atoms with Crippen LogP contribution in [0.4, 0.5) is 0 Å². The molecule has 1 amide bonds. The zero-order valence-electron chi connectivity index (χ0n) is 9.56. The first-order valence-corrected chi connectivity index (χ1v) is 5.28. The van der Waals surface area contributed by atoms with Gasteiger partial charge in [0.25, 0.3) is 0 Å². The lowest BCUT2D eigenvalue weighted by molar-refractivity contribution is -0.144. The van der Waals surface area contributed by atoms with Gasteiger partial charge in [-0.2, -0.15) is 0 Å². The van der Waals surface area contributed by atoms with Crippen LogP contribution in [-0.4, -0.2) is 41.6 Å². The number of amides is 1. The maximum Gasteiger partial charge on any atom is 0.326 e. The van der Waals surface area contributed by atoms with Crippen molar-refractivity contribution >= 4 is 17.8 Å². The van der Waals surface area contributed by atoms with Crippen LogP contribution in [0, 0.1) is 0 Å². The number of ether oxygens (including phenoxy) is 1. The molecule has 0 bridgehead atoms. The third-order valence-corrected chi connectivity index (χ3v) is 2.71. The van der Waals surface area contributed by atoms with Crippen LogP contribution < -0.4 is 11.1 Å². The number of rotatable bonds is 6. The van der Waals surface area contributed by atoms with Gasteiger partial charge >= 0.3 is 11.9 Å². The van der Waals surface area contributed by atoms with Crippen molar-refractivity contribution < 1.29 is 24.2 Å². The number of nitrogens with two attached hydrogens (primary N) is 1. The number of esters is 1. The van der Waals surface area contributed by atoms with Crippen LogP contribution in [0.25, 0.3) is 0 Å². The summed E-state index contributed by atoms with van der Waals surface area (Å²) in [5, 5.41) is 11.2. The summed E-state index contributed by atoms with van der Waals surface area (Å²) in [6.45, 7) is 0. The molecule has 1 aliphatic rings. The van der Waals surface area contributed by atoms with E-state index in [0.717, 1.165) is 0 Å². The second-order valence-corrected chi connectivity index (χ2v) is 4.14. The second-order valence-electron chi connectivity index (χ2n) is 4.14. The van der Waals surface area contributed by atoms with E-state index in [0.29, 0.717) is 12.8 Å². The molecule has 96 valence electrons. The van der Waals surface area contributed by atoms with Gasteiger partial charge in [-0.05, 0) is 19.3 Å². The van der Waals surface area contributed by atoms with E-state index in [9.17, 15) is 14.4 Å². The Bertz CT molecular complexity index is 338. The van der Waals surface area contributed by atoms with E-state index in [1.807, 2.05) is 0 Å².